The number of pyridine rings is 2. The first-order chi connectivity index (χ1) is 38.9. The highest BCUT2D eigenvalue weighted by Crippen LogP contribution is 2.43. The molecule has 0 radical (unpaired) electrons. The Kier molecular flexibility index (Phi) is 20.9. The Morgan fingerprint density at radius 1 is 0.613 bits per heavy atom. The van der Waals surface area contributed by atoms with Crippen LogP contribution in [0.25, 0.3) is 22.3 Å². The summed E-state index contributed by atoms with van der Waals surface area (Å²) >= 11 is 2.39. The molecule has 16 nitrogen and oxygen atoms in total. The van der Waals surface area contributed by atoms with Gasteiger partial charge in [-0.2, -0.15) is 10.2 Å². The third-order valence-corrected chi connectivity index (χ3v) is 16.9. The maximum Gasteiger partial charge on any atom is 0.501 e. The van der Waals surface area contributed by atoms with Gasteiger partial charge in [-0.05, 0) is 170 Å². The average molecular weight is 1210 g/mol. The lowest BCUT2D eigenvalue weighted by atomic mass is 9.74. The summed E-state index contributed by atoms with van der Waals surface area (Å²) in [6.45, 7) is 18.3. The molecule has 3 saturated heterocycles. The van der Waals surface area contributed by atoms with Crippen molar-refractivity contribution in [2.45, 2.75) is 105 Å². The van der Waals surface area contributed by atoms with Crippen LogP contribution in [-0.2, 0) is 49.6 Å². The van der Waals surface area contributed by atoms with Crippen molar-refractivity contribution in [3.8, 4) is 34.3 Å². The average Bonchev–Trinajstić information content (AvgIpc) is 4.48. The second-order valence-corrected chi connectivity index (χ2v) is 24.1. The largest absolute Gasteiger partial charge is 0.501 e. The molecule has 5 aliphatic rings. The lowest BCUT2D eigenvalue weighted by Gasteiger charge is -2.33. The predicted octanol–water partition coefficient (Wildman–Crippen LogP) is 10.5. The summed E-state index contributed by atoms with van der Waals surface area (Å²) in [7, 11) is 7.73. The van der Waals surface area contributed by atoms with E-state index < -0.39 is 7.12 Å². The molecule has 2 aromatic carbocycles. The summed E-state index contributed by atoms with van der Waals surface area (Å²) in [4.78, 5) is 5.29. The molecule has 6 aromatic rings. The lowest BCUT2D eigenvalue weighted by molar-refractivity contribution is 0.0339. The van der Waals surface area contributed by atoms with Gasteiger partial charge in [0.1, 0.15) is 26.7 Å². The fourth-order valence-corrected chi connectivity index (χ4v) is 12.0. The molecule has 0 unspecified atom stereocenters. The molecule has 434 valence electrons. The first kappa shape index (κ1) is 59.8. The van der Waals surface area contributed by atoms with Crippen molar-refractivity contribution in [3.63, 3.8) is 0 Å². The molecule has 0 spiro atoms. The first-order valence-electron chi connectivity index (χ1n) is 29.1. The topological polar surface area (TPSA) is 144 Å². The standard InChI is InChI=1S/C29H39N3O4.C19H26IN3O.C14H21BO5/c1-5-23-29(31(17-20-9-10-20)18-21-11-13-36-14-12-21)25-8-6-7-24(32(25)30-23)28-26(34-3)15-22(19-33-2)16-27(28)35-4;1-2-16-19(17-4-3-5-18(20)23(17)21-16)22(12-14-6-7-14)13-15-8-10-24-11-9-15;1-14(2)8-19-15(20-9-14)13-11(17-3)5-10(7-16)6-12(13)18-4/h6-8,15-16,20-21H,5,9-14,17-19H2,1-4H3;3-5,14-15H,2,6-13H2,1H3;5-6,16H,7-9H2,1-4H3. The lowest BCUT2D eigenvalue weighted by Crippen LogP contribution is -2.48. The Balaban J connectivity index is 0.000000153. The Hall–Kier alpha value is -4.83. The molecule has 0 bridgehead atoms. The van der Waals surface area contributed by atoms with Crippen LogP contribution < -0.4 is 34.2 Å². The van der Waals surface area contributed by atoms with Crippen molar-refractivity contribution in [1.82, 2.24) is 19.2 Å². The number of hydrogen-bond acceptors (Lipinski definition) is 14. The number of aryl methyl sites for hydroxylation is 2. The quantitative estimate of drug-likeness (QED) is 0.0415. The van der Waals surface area contributed by atoms with E-state index in [4.69, 9.17) is 52.7 Å². The van der Waals surface area contributed by atoms with Crippen LogP contribution in [0.3, 0.4) is 0 Å². The van der Waals surface area contributed by atoms with E-state index in [2.05, 4.69) is 106 Å². The number of methoxy groups -OCH3 is 5. The number of fused-ring (bicyclic) bond motifs is 2. The van der Waals surface area contributed by atoms with E-state index in [0.717, 1.165) is 140 Å². The molecule has 3 aliphatic heterocycles. The molecular formula is C62H86BIN6O10. The minimum atomic E-state index is -0.513. The van der Waals surface area contributed by atoms with E-state index in [-0.39, 0.29) is 12.0 Å². The number of aromatic nitrogens is 4. The highest BCUT2D eigenvalue weighted by atomic mass is 127. The number of halogens is 1. The second-order valence-electron chi connectivity index (χ2n) is 23.0. The van der Waals surface area contributed by atoms with E-state index in [9.17, 15) is 5.11 Å². The molecule has 11 rings (SSSR count). The summed E-state index contributed by atoms with van der Waals surface area (Å²) in [6, 6.07) is 20.5. The third kappa shape index (κ3) is 14.5. The van der Waals surface area contributed by atoms with E-state index in [1.807, 2.05) is 12.1 Å². The van der Waals surface area contributed by atoms with Crippen LogP contribution in [0.2, 0.25) is 0 Å². The Bertz CT molecular complexity index is 2910. The number of anilines is 2. The maximum absolute atomic E-state index is 9.27. The van der Waals surface area contributed by atoms with Crippen molar-refractivity contribution in [2.24, 2.45) is 29.1 Å². The normalized spacial score (nSPS) is 17.6. The van der Waals surface area contributed by atoms with Gasteiger partial charge in [-0.15, -0.1) is 0 Å². The number of hydrogen-bond donors (Lipinski definition) is 1. The summed E-state index contributed by atoms with van der Waals surface area (Å²) in [5, 5.41) is 19.4. The minimum absolute atomic E-state index is 0.00199. The van der Waals surface area contributed by atoms with Gasteiger partial charge in [-0.1, -0.05) is 39.8 Å². The number of aliphatic hydroxyl groups is 1. The minimum Gasteiger partial charge on any atom is -0.497 e. The van der Waals surface area contributed by atoms with Gasteiger partial charge in [0.15, 0.2) is 0 Å². The fraction of sp³-hybridized carbons (Fsp3) is 0.581. The zero-order valence-corrected chi connectivity index (χ0v) is 51.1. The predicted molar refractivity (Wildman–Crippen MR) is 325 cm³/mol. The van der Waals surface area contributed by atoms with Crippen molar-refractivity contribution in [1.29, 1.82) is 0 Å². The summed E-state index contributed by atoms with van der Waals surface area (Å²) in [5.41, 5.74) is 11.8. The molecule has 80 heavy (non-hydrogen) atoms. The molecule has 0 atom stereocenters. The summed E-state index contributed by atoms with van der Waals surface area (Å²) < 4.78 is 56.0. The number of ether oxygens (including phenoxy) is 7. The molecule has 2 aliphatic carbocycles. The second kappa shape index (κ2) is 28.0. The van der Waals surface area contributed by atoms with Crippen LogP contribution in [-0.4, -0.2) is 133 Å². The Morgan fingerprint density at radius 3 is 1.49 bits per heavy atom. The van der Waals surface area contributed by atoms with Crippen LogP contribution in [0.4, 0.5) is 11.4 Å². The number of aliphatic hydroxyl groups excluding tert-OH is 1. The SMILES string of the molecule is CCc1nn2c(-c3c(OC)cc(COC)cc3OC)cccc2c1N(CC1CCOCC1)CC1CC1.CCc1nn2c(I)cccc2c1N(CC1CCOCC1)CC1CC1.COc1cc(CO)cc(OC)c1B1OCC(C)(C)CO1. The monoisotopic (exact) mass is 1210 g/mol. The maximum atomic E-state index is 9.27. The van der Waals surface area contributed by atoms with E-state index in [0.29, 0.717) is 37.2 Å². The Labute approximate surface area is 488 Å². The molecule has 5 fully saturated rings. The number of nitrogens with zero attached hydrogens (tertiary/aromatic N) is 6. The van der Waals surface area contributed by atoms with Crippen LogP contribution in [0.5, 0.6) is 23.0 Å². The van der Waals surface area contributed by atoms with Crippen LogP contribution in [0.1, 0.15) is 102 Å². The highest BCUT2D eigenvalue weighted by Gasteiger charge is 2.38. The molecule has 0 amide bonds. The molecule has 2 saturated carbocycles. The molecular weight excluding hydrogens is 1130 g/mol. The summed E-state index contributed by atoms with van der Waals surface area (Å²) in [5.74, 6) is 5.78. The van der Waals surface area contributed by atoms with Gasteiger partial charge in [0.25, 0.3) is 0 Å². The van der Waals surface area contributed by atoms with Crippen LogP contribution in [0, 0.1) is 32.8 Å². The molecule has 4 aromatic heterocycles. The zero-order chi connectivity index (χ0) is 56.3. The Morgan fingerprint density at radius 2 is 1.05 bits per heavy atom. The van der Waals surface area contributed by atoms with Crippen molar-refractivity contribution < 1.29 is 47.6 Å². The van der Waals surface area contributed by atoms with E-state index >= 15 is 0 Å². The molecule has 1 N–H and O–H groups in total. The first-order valence-corrected chi connectivity index (χ1v) is 30.2. The van der Waals surface area contributed by atoms with Gasteiger partial charge >= 0.3 is 7.12 Å². The smallest absolute Gasteiger partial charge is 0.497 e. The summed E-state index contributed by atoms with van der Waals surface area (Å²) in [6.07, 6.45) is 12.0. The van der Waals surface area contributed by atoms with Gasteiger partial charge in [-0.25, -0.2) is 9.03 Å². The van der Waals surface area contributed by atoms with Gasteiger partial charge < -0.3 is 57.4 Å². The van der Waals surface area contributed by atoms with Crippen molar-refractivity contribution in [2.75, 3.05) is 111 Å². The fourth-order valence-electron chi connectivity index (χ4n) is 11.4. The van der Waals surface area contributed by atoms with Gasteiger partial charge in [-0.3, -0.25) is 0 Å². The van der Waals surface area contributed by atoms with Crippen LogP contribution in [0.15, 0.2) is 60.7 Å². The van der Waals surface area contributed by atoms with Gasteiger partial charge in [0.05, 0.1) is 92.2 Å². The van der Waals surface area contributed by atoms with Crippen LogP contribution >= 0.6 is 22.6 Å². The van der Waals surface area contributed by atoms with Gasteiger partial charge in [0.2, 0.25) is 0 Å². The van der Waals surface area contributed by atoms with Gasteiger partial charge in [0, 0.05) is 78.3 Å². The van der Waals surface area contributed by atoms with E-state index in [1.165, 1.54) is 71.4 Å². The van der Waals surface area contributed by atoms with E-state index in [1.54, 1.807) is 47.7 Å². The van der Waals surface area contributed by atoms with Crippen molar-refractivity contribution in [3.05, 3.63) is 86.9 Å². The zero-order valence-electron chi connectivity index (χ0n) is 48.9. The molecule has 18 heteroatoms. The number of rotatable bonds is 21. The number of benzene rings is 2. The highest BCUT2D eigenvalue weighted by molar-refractivity contribution is 14.1. The molecule has 7 heterocycles. The third-order valence-electron chi connectivity index (χ3n) is 16.1. The van der Waals surface area contributed by atoms with Crippen molar-refractivity contribution >= 4 is 57.6 Å².